The van der Waals surface area contributed by atoms with Crippen LogP contribution >= 0.6 is 11.6 Å². The summed E-state index contributed by atoms with van der Waals surface area (Å²) in [5.74, 6) is 0.00535. The summed E-state index contributed by atoms with van der Waals surface area (Å²) < 4.78 is 11.8. The summed E-state index contributed by atoms with van der Waals surface area (Å²) in [6.45, 7) is 25.6. The van der Waals surface area contributed by atoms with E-state index in [2.05, 4.69) is 37.3 Å². The number of ether oxygens (including phenoxy) is 2. The van der Waals surface area contributed by atoms with Crippen LogP contribution in [0.25, 0.3) is 0 Å². The van der Waals surface area contributed by atoms with E-state index in [1.165, 1.54) is 11.8 Å². The zero-order valence-electron chi connectivity index (χ0n) is 25.9. The van der Waals surface area contributed by atoms with E-state index in [4.69, 9.17) is 26.8 Å². The largest absolute Gasteiger partial charge is 0.497 e. The van der Waals surface area contributed by atoms with Crippen molar-refractivity contribution in [1.29, 1.82) is 0 Å². The molecule has 6 nitrogen and oxygen atoms in total. The first kappa shape index (κ1) is 35.6. The Hall–Kier alpha value is -2.61. The second kappa shape index (κ2) is 15.7. The quantitative estimate of drug-likeness (QED) is 0.0990. The highest BCUT2D eigenvalue weighted by molar-refractivity contribution is 6.29. The summed E-state index contributed by atoms with van der Waals surface area (Å²) in [6, 6.07) is 0. The predicted octanol–water partition coefficient (Wildman–Crippen LogP) is 6.62. The lowest BCUT2D eigenvalue weighted by Crippen LogP contribution is -2.78. The number of piperidine rings is 1. The highest BCUT2D eigenvalue weighted by Gasteiger charge is 2.66. The molecule has 0 aromatic rings. The van der Waals surface area contributed by atoms with Gasteiger partial charge in [-0.15, -0.1) is 0 Å². The molecule has 0 aliphatic carbocycles. The molecule has 0 spiro atoms. The van der Waals surface area contributed by atoms with Crippen molar-refractivity contribution in [3.05, 3.63) is 109 Å². The van der Waals surface area contributed by atoms with E-state index in [1.54, 1.807) is 38.3 Å². The SMILES string of the molecule is C=COCC(=C)C(C/C=C\N)/C(=C\CCN1CCC2(O)C(C1)OC2(C)/C(C=C)=C/C=C(\C)Cl)C/C=C(\C=C)C(C)(C)O. The van der Waals surface area contributed by atoms with Gasteiger partial charge in [-0.05, 0) is 82.4 Å². The van der Waals surface area contributed by atoms with Crippen molar-refractivity contribution >= 4 is 11.6 Å². The van der Waals surface area contributed by atoms with E-state index in [0.717, 1.165) is 36.2 Å². The van der Waals surface area contributed by atoms with Gasteiger partial charge in [0.2, 0.25) is 0 Å². The van der Waals surface area contributed by atoms with Gasteiger partial charge in [0.15, 0.2) is 0 Å². The van der Waals surface area contributed by atoms with Gasteiger partial charge >= 0.3 is 0 Å². The molecule has 2 aliphatic heterocycles. The first-order valence-corrected chi connectivity index (χ1v) is 15.0. The number of rotatable bonds is 17. The number of nitrogens with zero attached hydrogens (tertiary/aromatic N) is 1. The average Bonchev–Trinajstić information content (AvgIpc) is 2.92. The molecule has 2 heterocycles. The van der Waals surface area contributed by atoms with Gasteiger partial charge in [-0.3, -0.25) is 0 Å². The highest BCUT2D eigenvalue weighted by Crippen LogP contribution is 2.51. The Kier molecular flexibility index (Phi) is 13.3. The van der Waals surface area contributed by atoms with Gasteiger partial charge in [0, 0.05) is 30.6 Å². The number of hydrogen-bond acceptors (Lipinski definition) is 6. The van der Waals surface area contributed by atoms with Crippen molar-refractivity contribution in [2.45, 2.75) is 76.3 Å². The highest BCUT2D eigenvalue weighted by atomic mass is 35.5. The smallest absolute Gasteiger partial charge is 0.126 e. The number of likely N-dealkylation sites (tertiary alicyclic amines) is 1. The van der Waals surface area contributed by atoms with E-state index in [0.29, 0.717) is 37.4 Å². The summed E-state index contributed by atoms with van der Waals surface area (Å²) in [5.41, 5.74) is 6.58. The van der Waals surface area contributed by atoms with Gasteiger partial charge in [0.1, 0.15) is 23.9 Å². The van der Waals surface area contributed by atoms with Crippen LogP contribution in [0.4, 0.5) is 0 Å². The molecule has 4 N–H and O–H groups in total. The molecular weight excluding hydrogens is 548 g/mol. The Morgan fingerprint density at radius 1 is 1.24 bits per heavy atom. The van der Waals surface area contributed by atoms with Crippen LogP contribution in [0.3, 0.4) is 0 Å². The maximum absolute atomic E-state index is 11.7. The maximum Gasteiger partial charge on any atom is 0.126 e. The molecule has 4 atom stereocenters. The summed E-state index contributed by atoms with van der Waals surface area (Å²) in [5, 5.41) is 22.9. The van der Waals surface area contributed by atoms with Crippen molar-refractivity contribution in [2.75, 3.05) is 26.2 Å². The second-order valence-electron chi connectivity index (χ2n) is 11.7. The van der Waals surface area contributed by atoms with Crippen molar-refractivity contribution in [3.63, 3.8) is 0 Å². The molecule has 2 rings (SSSR count). The minimum atomic E-state index is -0.996. The fourth-order valence-electron chi connectivity index (χ4n) is 5.80. The number of fused-ring (bicyclic) bond motifs is 1. The van der Waals surface area contributed by atoms with E-state index < -0.39 is 16.8 Å². The summed E-state index contributed by atoms with van der Waals surface area (Å²) in [4.78, 5) is 2.33. The number of nitrogens with two attached hydrogens (primary N) is 1. The molecule has 0 amide bonds. The number of halogens is 1. The molecule has 7 heteroatoms. The topological polar surface area (TPSA) is 88.2 Å². The lowest BCUT2D eigenvalue weighted by Gasteiger charge is -2.63. The second-order valence-corrected chi connectivity index (χ2v) is 12.3. The Labute approximate surface area is 258 Å². The molecule has 2 aliphatic rings. The first-order chi connectivity index (χ1) is 19.8. The third-order valence-corrected chi connectivity index (χ3v) is 8.53. The Morgan fingerprint density at radius 3 is 2.50 bits per heavy atom. The fraction of sp³-hybridized carbons (Fsp3) is 0.486. The summed E-state index contributed by atoms with van der Waals surface area (Å²) >= 11 is 6.02. The first-order valence-electron chi connectivity index (χ1n) is 14.6. The Morgan fingerprint density at radius 2 is 1.95 bits per heavy atom. The van der Waals surface area contributed by atoms with Crippen molar-refractivity contribution in [2.24, 2.45) is 11.7 Å². The molecule has 0 radical (unpaired) electrons. The van der Waals surface area contributed by atoms with Crippen LogP contribution < -0.4 is 5.73 Å². The normalized spacial score (nSPS) is 26.8. The Balaban J connectivity index is 2.22. The molecule has 2 fully saturated rings. The lowest BCUT2D eigenvalue weighted by atomic mass is 9.65. The molecular formula is C35H51ClN2O4. The minimum Gasteiger partial charge on any atom is -0.497 e. The predicted molar refractivity (Wildman–Crippen MR) is 176 cm³/mol. The van der Waals surface area contributed by atoms with E-state index in [1.807, 2.05) is 32.1 Å². The number of aliphatic hydroxyl groups is 2. The molecule has 42 heavy (non-hydrogen) atoms. The van der Waals surface area contributed by atoms with E-state index >= 15 is 0 Å². The van der Waals surface area contributed by atoms with Crippen LogP contribution in [0, 0.1) is 5.92 Å². The molecule has 0 aromatic heterocycles. The van der Waals surface area contributed by atoms with Crippen LogP contribution in [-0.4, -0.2) is 64.3 Å². The van der Waals surface area contributed by atoms with E-state index in [-0.39, 0.29) is 12.0 Å². The van der Waals surface area contributed by atoms with Gasteiger partial charge in [-0.25, -0.2) is 0 Å². The summed E-state index contributed by atoms with van der Waals surface area (Å²) in [7, 11) is 0. The monoisotopic (exact) mass is 598 g/mol. The van der Waals surface area contributed by atoms with E-state index in [9.17, 15) is 10.2 Å². The van der Waals surface area contributed by atoms with Crippen molar-refractivity contribution in [1.82, 2.24) is 4.90 Å². The number of allylic oxidation sites excluding steroid dienone is 6. The molecule has 232 valence electrons. The zero-order valence-corrected chi connectivity index (χ0v) is 26.7. The molecule has 2 saturated heterocycles. The van der Waals surface area contributed by atoms with Crippen LogP contribution in [-0.2, 0) is 9.47 Å². The third kappa shape index (κ3) is 8.71. The van der Waals surface area contributed by atoms with Crippen LogP contribution in [0.5, 0.6) is 0 Å². The number of hydrogen-bond donors (Lipinski definition) is 3. The van der Waals surface area contributed by atoms with Gasteiger partial charge in [-0.2, -0.15) is 0 Å². The minimum absolute atomic E-state index is 0.00535. The van der Waals surface area contributed by atoms with Gasteiger partial charge in [-0.1, -0.05) is 79.9 Å². The van der Waals surface area contributed by atoms with Gasteiger partial charge in [0.25, 0.3) is 0 Å². The maximum atomic E-state index is 11.7. The van der Waals surface area contributed by atoms with Gasteiger partial charge in [0.05, 0.1) is 11.9 Å². The van der Waals surface area contributed by atoms with Crippen LogP contribution in [0.1, 0.15) is 53.4 Å². The third-order valence-electron chi connectivity index (χ3n) is 8.40. The van der Waals surface area contributed by atoms with Crippen LogP contribution in [0.15, 0.2) is 109 Å². The standard InChI is InChI=1S/C35H51ClN2O4/c1-9-29(33(6,7)39)19-17-28(31(15-12-21-37)26(4)25-41-11-3)14-13-22-38-23-20-35(40)32(24-38)42-34(35,8)30(10-2)18-16-27(5)36/h9-12,14,16,18-19,21,31-32,39-40H,1-4,13,15,17,20,22-25,37H2,5-8H3/b21-12-,27-16+,28-14-,29-19+,30-18+. The molecule has 4 unspecified atom stereocenters. The molecule has 0 bridgehead atoms. The average molecular weight is 599 g/mol. The lowest BCUT2D eigenvalue weighted by molar-refractivity contribution is -0.344. The molecule has 0 saturated carbocycles. The van der Waals surface area contributed by atoms with Crippen molar-refractivity contribution < 1.29 is 19.7 Å². The van der Waals surface area contributed by atoms with Gasteiger partial charge < -0.3 is 30.3 Å². The summed E-state index contributed by atoms with van der Waals surface area (Å²) in [6.07, 6.45) is 18.7. The fourth-order valence-corrected chi connectivity index (χ4v) is 5.86. The zero-order chi connectivity index (χ0) is 31.6. The van der Waals surface area contributed by atoms with Crippen LogP contribution in [0.2, 0.25) is 0 Å². The molecule has 0 aromatic carbocycles. The van der Waals surface area contributed by atoms with Crippen molar-refractivity contribution in [3.8, 4) is 0 Å². The Bertz CT molecular complexity index is 1140.